The van der Waals surface area contributed by atoms with Gasteiger partial charge in [0.2, 0.25) is 0 Å². The third kappa shape index (κ3) is 5.20. The summed E-state index contributed by atoms with van der Waals surface area (Å²) in [4.78, 5) is 28.1. The zero-order valence-electron chi connectivity index (χ0n) is 22.6. The Morgan fingerprint density at radius 3 is 2.73 bits per heavy atom. The molecular weight excluding hydrogens is 529 g/mol. The number of nitrogens with one attached hydrogen (secondary N) is 1. The van der Waals surface area contributed by atoms with Gasteiger partial charge in [-0.05, 0) is 78.9 Å². The van der Waals surface area contributed by atoms with Crippen LogP contribution in [0.2, 0.25) is 0 Å². The first-order chi connectivity index (χ1) is 19.9. The smallest absolute Gasteiger partial charge is 0.276 e. The number of carbonyl (C=O) groups is 2. The molecule has 1 N–H and O–H groups in total. The van der Waals surface area contributed by atoms with Crippen molar-refractivity contribution in [2.75, 3.05) is 26.8 Å². The Kier molecular flexibility index (Phi) is 7.05. The highest BCUT2D eigenvalue weighted by Crippen LogP contribution is 2.41. The van der Waals surface area contributed by atoms with Crippen molar-refractivity contribution < 1.29 is 32.7 Å². The molecule has 3 aromatic carbocycles. The minimum Gasteiger partial charge on any atom is -0.493 e. The number of ether oxygens (including phenoxy) is 3. The SMILES string of the molecule is COc1ccc2cc1OCCCNC(=O)c1cc(ccc1F)Oc1ccc3c(c1)CCN(C(=O)c1cc(C)on1)C23. The van der Waals surface area contributed by atoms with Crippen molar-refractivity contribution in [3.05, 3.63) is 100 Å². The van der Waals surface area contributed by atoms with Gasteiger partial charge in [0.1, 0.15) is 23.1 Å². The Balaban J connectivity index is 1.46. The molecule has 2 amide bonds. The molecule has 1 unspecified atom stereocenters. The lowest BCUT2D eigenvalue weighted by Gasteiger charge is -2.37. The molecule has 0 spiro atoms. The van der Waals surface area contributed by atoms with E-state index in [9.17, 15) is 14.0 Å². The Bertz CT molecular complexity index is 1630. The highest BCUT2D eigenvalue weighted by atomic mass is 19.1. The summed E-state index contributed by atoms with van der Waals surface area (Å²) in [5, 5.41) is 6.70. The number of benzene rings is 3. The van der Waals surface area contributed by atoms with Crippen molar-refractivity contribution in [1.82, 2.24) is 15.4 Å². The van der Waals surface area contributed by atoms with Crippen LogP contribution in [0.5, 0.6) is 23.0 Å². The van der Waals surface area contributed by atoms with Gasteiger partial charge in [0, 0.05) is 19.2 Å². The van der Waals surface area contributed by atoms with Gasteiger partial charge in [-0.1, -0.05) is 17.3 Å². The maximum atomic E-state index is 14.5. The first-order valence-electron chi connectivity index (χ1n) is 13.3. The van der Waals surface area contributed by atoms with Crippen molar-refractivity contribution in [2.45, 2.75) is 25.8 Å². The number of amides is 2. The molecule has 7 rings (SSSR count). The number of carbonyl (C=O) groups excluding carboxylic acids is 2. The highest BCUT2D eigenvalue weighted by molar-refractivity contribution is 5.95. The highest BCUT2D eigenvalue weighted by Gasteiger charge is 2.34. The lowest BCUT2D eigenvalue weighted by atomic mass is 9.87. The summed E-state index contributed by atoms with van der Waals surface area (Å²) in [6, 6.07) is 16.5. The minimum absolute atomic E-state index is 0.103. The number of nitrogens with zero attached hydrogens (tertiary/aromatic N) is 2. The van der Waals surface area contributed by atoms with Crippen LogP contribution in [0.3, 0.4) is 0 Å². The van der Waals surface area contributed by atoms with Gasteiger partial charge in [-0.15, -0.1) is 0 Å². The first-order valence-corrected chi connectivity index (χ1v) is 13.3. The van der Waals surface area contributed by atoms with E-state index in [1.54, 1.807) is 31.1 Å². The fourth-order valence-electron chi connectivity index (χ4n) is 5.26. The summed E-state index contributed by atoms with van der Waals surface area (Å²) in [6.07, 6.45) is 1.05. The van der Waals surface area contributed by atoms with Crippen LogP contribution < -0.4 is 19.5 Å². The van der Waals surface area contributed by atoms with Crippen molar-refractivity contribution in [1.29, 1.82) is 0 Å². The molecule has 8 bridgehead atoms. The average molecular weight is 558 g/mol. The van der Waals surface area contributed by atoms with Gasteiger partial charge < -0.3 is 29.0 Å². The maximum Gasteiger partial charge on any atom is 0.276 e. The van der Waals surface area contributed by atoms with Gasteiger partial charge in [0.25, 0.3) is 11.8 Å². The Morgan fingerprint density at radius 2 is 1.93 bits per heavy atom. The molecule has 210 valence electrons. The Morgan fingerprint density at radius 1 is 1.10 bits per heavy atom. The van der Waals surface area contributed by atoms with E-state index in [2.05, 4.69) is 10.5 Å². The number of aryl methyl sites for hydroxylation is 1. The van der Waals surface area contributed by atoms with Crippen LogP contribution in [-0.2, 0) is 6.42 Å². The first kappa shape index (κ1) is 26.4. The van der Waals surface area contributed by atoms with Gasteiger partial charge in [0.15, 0.2) is 17.2 Å². The van der Waals surface area contributed by atoms with Gasteiger partial charge in [-0.25, -0.2) is 4.39 Å². The van der Waals surface area contributed by atoms with E-state index >= 15 is 0 Å². The van der Waals surface area contributed by atoms with Gasteiger partial charge in [-0.2, -0.15) is 0 Å². The molecule has 3 aliphatic rings. The second-order valence-corrected chi connectivity index (χ2v) is 9.95. The van der Waals surface area contributed by atoms with Crippen molar-refractivity contribution in [3.63, 3.8) is 0 Å². The van der Waals surface area contributed by atoms with E-state index in [4.69, 9.17) is 18.7 Å². The largest absolute Gasteiger partial charge is 0.493 e. The monoisotopic (exact) mass is 557 g/mol. The van der Waals surface area contributed by atoms with Crippen LogP contribution in [0.15, 0.2) is 65.2 Å². The quantitative estimate of drug-likeness (QED) is 0.360. The van der Waals surface area contributed by atoms with E-state index in [-0.39, 0.29) is 30.3 Å². The van der Waals surface area contributed by atoms with E-state index in [0.717, 1.165) is 16.7 Å². The van der Waals surface area contributed by atoms with E-state index in [1.807, 2.05) is 30.3 Å². The predicted molar refractivity (Wildman–Crippen MR) is 146 cm³/mol. The topological polar surface area (TPSA) is 103 Å². The number of aromatic nitrogens is 1. The molecule has 41 heavy (non-hydrogen) atoms. The van der Waals surface area contributed by atoms with Crippen LogP contribution in [0, 0.1) is 12.7 Å². The summed E-state index contributed by atoms with van der Waals surface area (Å²) >= 11 is 0. The Labute approximate surface area is 235 Å². The molecular formula is C31H28FN3O6. The lowest BCUT2D eigenvalue weighted by molar-refractivity contribution is 0.0683. The number of methoxy groups -OCH3 is 1. The molecule has 4 heterocycles. The normalized spacial score (nSPS) is 16.6. The molecule has 10 heteroatoms. The molecule has 0 radical (unpaired) electrons. The molecule has 1 atom stereocenters. The zero-order chi connectivity index (χ0) is 28.5. The summed E-state index contributed by atoms with van der Waals surface area (Å²) < 4.78 is 37.3. The third-order valence-corrected chi connectivity index (χ3v) is 7.24. The molecule has 3 aliphatic heterocycles. The lowest BCUT2D eigenvalue weighted by Crippen LogP contribution is -2.40. The van der Waals surface area contributed by atoms with Gasteiger partial charge >= 0.3 is 0 Å². The van der Waals surface area contributed by atoms with Crippen LogP contribution in [0.4, 0.5) is 4.39 Å². The summed E-state index contributed by atoms with van der Waals surface area (Å²) in [6.45, 7) is 2.72. The average Bonchev–Trinajstić information content (AvgIpc) is 3.42. The maximum absolute atomic E-state index is 14.5. The number of hydrogen-bond acceptors (Lipinski definition) is 7. The van der Waals surface area contributed by atoms with Gasteiger partial charge in [0.05, 0.1) is 25.3 Å². The second-order valence-electron chi connectivity index (χ2n) is 9.95. The molecule has 1 aromatic heterocycles. The summed E-state index contributed by atoms with van der Waals surface area (Å²) in [5.74, 6) is 1.06. The molecule has 9 nitrogen and oxygen atoms in total. The molecule has 0 saturated heterocycles. The molecule has 0 aliphatic carbocycles. The number of rotatable bonds is 2. The minimum atomic E-state index is -0.637. The van der Waals surface area contributed by atoms with E-state index in [1.165, 1.54) is 18.2 Å². The second kappa shape index (κ2) is 11.0. The van der Waals surface area contributed by atoms with Crippen LogP contribution in [0.1, 0.15) is 55.8 Å². The van der Waals surface area contributed by atoms with Crippen LogP contribution in [-0.4, -0.2) is 48.7 Å². The van der Waals surface area contributed by atoms with Gasteiger partial charge in [-0.3, -0.25) is 9.59 Å². The molecule has 4 aromatic rings. The predicted octanol–water partition coefficient (Wildman–Crippen LogP) is 5.22. The summed E-state index contributed by atoms with van der Waals surface area (Å²) in [7, 11) is 1.56. The fraction of sp³-hybridized carbons (Fsp3) is 0.258. The number of hydrogen-bond donors (Lipinski definition) is 1. The van der Waals surface area contributed by atoms with E-state index in [0.29, 0.717) is 48.1 Å². The van der Waals surface area contributed by atoms with E-state index < -0.39 is 17.8 Å². The number of fused-ring (bicyclic) bond motifs is 6. The molecule has 0 fully saturated rings. The third-order valence-electron chi connectivity index (χ3n) is 7.24. The Hall–Kier alpha value is -4.86. The molecule has 0 saturated carbocycles. The fourth-order valence-corrected chi connectivity index (χ4v) is 5.26. The van der Waals surface area contributed by atoms with Crippen LogP contribution >= 0.6 is 0 Å². The zero-order valence-corrected chi connectivity index (χ0v) is 22.6. The van der Waals surface area contributed by atoms with Crippen molar-refractivity contribution in [2.24, 2.45) is 0 Å². The van der Waals surface area contributed by atoms with Crippen molar-refractivity contribution in [3.8, 4) is 23.0 Å². The summed E-state index contributed by atoms with van der Waals surface area (Å²) in [5.41, 5.74) is 2.89. The van der Waals surface area contributed by atoms with Crippen molar-refractivity contribution >= 4 is 11.8 Å². The van der Waals surface area contributed by atoms with Crippen LogP contribution in [0.25, 0.3) is 0 Å². The number of halogens is 1. The standard InChI is InChI=1S/C31H28FN3O6/c1-18-14-26(34-41-18)31(37)35-12-10-19-15-21-5-7-23(19)29(35)20-4-9-27(38-2)28(16-20)39-13-3-11-33-30(36)24-17-22(40-21)6-8-25(24)32/h4-9,14-17,29H,3,10-13H2,1-2H3,(H,33,36).